The third-order valence-electron chi connectivity index (χ3n) is 6.99. The predicted octanol–water partition coefficient (Wildman–Crippen LogP) is 7.31. The highest BCUT2D eigenvalue weighted by molar-refractivity contribution is 5.93. The summed E-state index contributed by atoms with van der Waals surface area (Å²) in [5.74, 6) is 0.539. The van der Waals surface area contributed by atoms with Gasteiger partial charge in [-0.25, -0.2) is 4.98 Å². The normalized spacial score (nSPS) is 14.3. The Bertz CT molecular complexity index is 1480. The Kier molecular flexibility index (Phi) is 7.45. The quantitative estimate of drug-likeness (QED) is 0.207. The van der Waals surface area contributed by atoms with Crippen LogP contribution in [0.2, 0.25) is 0 Å². The van der Waals surface area contributed by atoms with Gasteiger partial charge in [0.05, 0.1) is 23.3 Å². The van der Waals surface area contributed by atoms with Crippen molar-refractivity contribution in [2.45, 2.75) is 46.5 Å². The van der Waals surface area contributed by atoms with E-state index < -0.39 is 0 Å². The van der Waals surface area contributed by atoms with Crippen molar-refractivity contribution in [3.8, 4) is 22.5 Å². The van der Waals surface area contributed by atoms with Gasteiger partial charge in [-0.2, -0.15) is 5.10 Å². The molecule has 3 N–H and O–H groups in total. The van der Waals surface area contributed by atoms with Crippen molar-refractivity contribution < 1.29 is 0 Å². The van der Waals surface area contributed by atoms with E-state index in [1.54, 1.807) is 0 Å². The number of anilines is 1. The Morgan fingerprint density at radius 2 is 1.89 bits per heavy atom. The molecule has 4 aromatic rings. The van der Waals surface area contributed by atoms with E-state index in [2.05, 4.69) is 93.6 Å². The van der Waals surface area contributed by atoms with E-state index in [0.717, 1.165) is 64.5 Å². The van der Waals surface area contributed by atoms with Gasteiger partial charge < -0.3 is 15.2 Å². The molecule has 1 saturated heterocycles. The molecule has 0 spiro atoms. The molecule has 0 saturated carbocycles. The predicted molar refractivity (Wildman–Crippen MR) is 157 cm³/mol. The summed E-state index contributed by atoms with van der Waals surface area (Å²) in [6, 6.07) is 6.43. The molecular formula is C31H37N7. The van der Waals surface area contributed by atoms with Gasteiger partial charge in [0.15, 0.2) is 5.65 Å². The molecule has 1 fully saturated rings. The number of fused-ring (bicyclic) bond motifs is 1. The van der Waals surface area contributed by atoms with Crippen LogP contribution in [0.4, 0.5) is 5.69 Å². The van der Waals surface area contributed by atoms with E-state index >= 15 is 0 Å². The zero-order valence-electron chi connectivity index (χ0n) is 22.6. The zero-order valence-corrected chi connectivity index (χ0v) is 22.6. The van der Waals surface area contributed by atoms with Gasteiger partial charge in [-0.05, 0) is 62.8 Å². The van der Waals surface area contributed by atoms with Crippen LogP contribution in [0.1, 0.15) is 50.8 Å². The molecule has 0 aromatic carbocycles. The molecule has 5 rings (SSSR count). The van der Waals surface area contributed by atoms with Crippen molar-refractivity contribution in [2.75, 3.05) is 18.4 Å². The minimum atomic E-state index is 0.539. The standard InChI is InChI=1S/C31H37N7/c1-6-10-29(38-11-8-7-9-12-38)26-16-28(35-22(26)5)30-27-15-24(18-33-31(27)37-36-30)23-14-25(19-32-17-23)34-21(4)13-20(2)3/h6,10,14-20,34-35H,1,4,7-9,11-13H2,2-3,5H3,(H,33,36,37)/b29-10+. The first-order chi connectivity index (χ1) is 18.4. The van der Waals surface area contributed by atoms with Gasteiger partial charge in [-0.15, -0.1) is 0 Å². The summed E-state index contributed by atoms with van der Waals surface area (Å²) in [4.78, 5) is 15.2. The first-order valence-corrected chi connectivity index (χ1v) is 13.4. The van der Waals surface area contributed by atoms with Crippen molar-refractivity contribution in [1.29, 1.82) is 0 Å². The fourth-order valence-corrected chi connectivity index (χ4v) is 5.25. The van der Waals surface area contributed by atoms with Gasteiger partial charge in [0.25, 0.3) is 0 Å². The van der Waals surface area contributed by atoms with Crippen molar-refractivity contribution in [2.24, 2.45) is 5.92 Å². The van der Waals surface area contributed by atoms with Gasteiger partial charge >= 0.3 is 0 Å². The van der Waals surface area contributed by atoms with Crippen LogP contribution in [0.25, 0.3) is 39.2 Å². The maximum Gasteiger partial charge on any atom is 0.181 e. The summed E-state index contributed by atoms with van der Waals surface area (Å²) in [6.45, 7) is 16.8. The lowest BCUT2D eigenvalue weighted by Crippen LogP contribution is -2.28. The fraction of sp³-hybridized carbons (Fsp3) is 0.323. The number of rotatable bonds is 9. The van der Waals surface area contributed by atoms with Gasteiger partial charge in [0, 0.05) is 64.6 Å². The second kappa shape index (κ2) is 11.1. The van der Waals surface area contributed by atoms with Crippen molar-refractivity contribution in [3.63, 3.8) is 0 Å². The molecule has 0 aliphatic carbocycles. The van der Waals surface area contributed by atoms with Crippen LogP contribution < -0.4 is 5.32 Å². The molecule has 0 amide bonds. The molecule has 7 nitrogen and oxygen atoms in total. The molecular weight excluding hydrogens is 470 g/mol. The number of aromatic amines is 2. The number of likely N-dealkylation sites (tertiary alicyclic amines) is 1. The van der Waals surface area contributed by atoms with E-state index in [0.29, 0.717) is 11.6 Å². The summed E-state index contributed by atoms with van der Waals surface area (Å²) >= 11 is 0. The van der Waals surface area contributed by atoms with Gasteiger partial charge in [-0.3, -0.25) is 10.1 Å². The van der Waals surface area contributed by atoms with Crippen LogP contribution >= 0.6 is 0 Å². The van der Waals surface area contributed by atoms with Gasteiger partial charge in [0.1, 0.15) is 0 Å². The molecule has 1 aliphatic heterocycles. The van der Waals surface area contributed by atoms with E-state index in [1.165, 1.54) is 30.5 Å². The van der Waals surface area contributed by atoms with E-state index in [4.69, 9.17) is 0 Å². The molecule has 7 heteroatoms. The number of aromatic nitrogens is 5. The molecule has 1 aliphatic rings. The van der Waals surface area contributed by atoms with Crippen LogP contribution in [-0.4, -0.2) is 43.1 Å². The SMILES string of the molecule is C=C/C=C(\c1cc(-c2[nH]nc3ncc(-c4cncc(NC(=C)CC(C)C)c4)cc23)[nH]c1C)N1CCCCC1. The average Bonchev–Trinajstić information content (AvgIpc) is 3.50. The third-order valence-corrected chi connectivity index (χ3v) is 6.99. The van der Waals surface area contributed by atoms with Crippen LogP contribution in [0.3, 0.4) is 0 Å². The number of hydrogen-bond donors (Lipinski definition) is 3. The second-order valence-electron chi connectivity index (χ2n) is 10.5. The maximum atomic E-state index is 4.65. The number of hydrogen-bond acceptors (Lipinski definition) is 5. The lowest BCUT2D eigenvalue weighted by molar-refractivity contribution is 0.326. The van der Waals surface area contributed by atoms with Crippen LogP contribution in [0.5, 0.6) is 0 Å². The van der Waals surface area contributed by atoms with Gasteiger partial charge in [-0.1, -0.05) is 33.1 Å². The molecule has 0 atom stereocenters. The number of aryl methyl sites for hydroxylation is 1. The summed E-state index contributed by atoms with van der Waals surface area (Å²) in [5, 5.41) is 12.1. The van der Waals surface area contributed by atoms with E-state index in [1.807, 2.05) is 24.7 Å². The Morgan fingerprint density at radius 3 is 2.66 bits per heavy atom. The van der Waals surface area contributed by atoms with Crippen LogP contribution in [-0.2, 0) is 0 Å². The lowest BCUT2D eigenvalue weighted by Gasteiger charge is -2.31. The molecule has 0 radical (unpaired) electrons. The van der Waals surface area contributed by atoms with Crippen LogP contribution in [0, 0.1) is 12.8 Å². The highest BCUT2D eigenvalue weighted by atomic mass is 15.2. The second-order valence-corrected chi connectivity index (χ2v) is 10.5. The summed E-state index contributed by atoms with van der Waals surface area (Å²) < 4.78 is 0. The zero-order chi connectivity index (χ0) is 26.6. The van der Waals surface area contributed by atoms with Crippen molar-refractivity contribution in [1.82, 2.24) is 30.0 Å². The number of piperidine rings is 1. The Labute approximate surface area is 224 Å². The summed E-state index contributed by atoms with van der Waals surface area (Å²) in [6.07, 6.45) is 14.2. The monoisotopic (exact) mass is 507 g/mol. The smallest absolute Gasteiger partial charge is 0.181 e. The molecule has 196 valence electrons. The van der Waals surface area contributed by atoms with E-state index in [9.17, 15) is 0 Å². The highest BCUT2D eigenvalue weighted by Crippen LogP contribution is 2.34. The largest absolute Gasteiger partial charge is 0.371 e. The van der Waals surface area contributed by atoms with Gasteiger partial charge in [0.2, 0.25) is 0 Å². The maximum absolute atomic E-state index is 4.65. The summed E-state index contributed by atoms with van der Waals surface area (Å²) in [7, 11) is 0. The molecule has 38 heavy (non-hydrogen) atoms. The first kappa shape index (κ1) is 25.5. The van der Waals surface area contributed by atoms with Crippen molar-refractivity contribution in [3.05, 3.63) is 79.1 Å². The number of H-pyrrole nitrogens is 2. The highest BCUT2D eigenvalue weighted by Gasteiger charge is 2.20. The number of allylic oxidation sites excluding steroid dienone is 3. The van der Waals surface area contributed by atoms with Crippen LogP contribution in [0.15, 0.2) is 67.8 Å². The Balaban J connectivity index is 1.47. The number of nitrogens with zero attached hydrogens (tertiary/aromatic N) is 4. The Morgan fingerprint density at radius 1 is 1.11 bits per heavy atom. The topological polar surface area (TPSA) is 85.5 Å². The molecule has 4 aromatic heterocycles. The Hall–Kier alpha value is -4.13. The summed E-state index contributed by atoms with van der Waals surface area (Å²) in [5.41, 5.74) is 10.0. The first-order valence-electron chi connectivity index (χ1n) is 13.4. The third kappa shape index (κ3) is 5.42. The fourth-order valence-electron chi connectivity index (χ4n) is 5.25. The minimum Gasteiger partial charge on any atom is -0.371 e. The number of nitrogens with one attached hydrogen (secondary N) is 3. The molecule has 0 unspecified atom stereocenters. The number of pyridine rings is 2. The van der Waals surface area contributed by atoms with E-state index in [-0.39, 0.29) is 0 Å². The van der Waals surface area contributed by atoms with Crippen molar-refractivity contribution >= 4 is 22.4 Å². The molecule has 0 bridgehead atoms. The average molecular weight is 508 g/mol. The lowest BCUT2D eigenvalue weighted by atomic mass is 10.0. The minimum absolute atomic E-state index is 0.539. The molecule has 5 heterocycles.